The second-order valence-electron chi connectivity index (χ2n) is 3.74. The molecule has 1 aliphatic heterocycles. The molecule has 1 rings (SSSR count). The first-order valence-corrected chi connectivity index (χ1v) is 4.66. The summed E-state index contributed by atoms with van der Waals surface area (Å²) in [6.45, 7) is 4.43. The van der Waals surface area contributed by atoms with Gasteiger partial charge in [-0.1, -0.05) is 6.92 Å². The molecule has 2 N–H and O–H groups in total. The summed E-state index contributed by atoms with van der Waals surface area (Å²) in [5, 5.41) is 0. The van der Waals surface area contributed by atoms with Gasteiger partial charge in [0.2, 0.25) is 0 Å². The molecule has 1 aliphatic rings. The summed E-state index contributed by atoms with van der Waals surface area (Å²) in [5.74, 6) is 0.785. The minimum atomic E-state index is 0.785. The predicted octanol–water partition coefficient (Wildman–Crippen LogP) is 1.07. The van der Waals surface area contributed by atoms with Gasteiger partial charge in [-0.2, -0.15) is 0 Å². The van der Waals surface area contributed by atoms with Gasteiger partial charge in [-0.15, -0.1) is 0 Å². The first kappa shape index (κ1) is 9.01. The standard InChI is InChI=1S/C9H20N2/c1-8(5-6-10)9-4-3-7-11(9)2/h8-9H,3-7,10H2,1-2H3. The van der Waals surface area contributed by atoms with E-state index in [1.54, 1.807) is 0 Å². The SMILES string of the molecule is CC(CCN)C1CCCN1C. The largest absolute Gasteiger partial charge is 0.330 e. The topological polar surface area (TPSA) is 29.3 Å². The van der Waals surface area contributed by atoms with Crippen molar-refractivity contribution in [2.75, 3.05) is 20.1 Å². The molecule has 2 atom stereocenters. The maximum Gasteiger partial charge on any atom is 0.0119 e. The molecule has 1 heterocycles. The highest BCUT2D eigenvalue weighted by Gasteiger charge is 2.25. The Morgan fingerprint density at radius 2 is 2.36 bits per heavy atom. The van der Waals surface area contributed by atoms with Crippen LogP contribution in [0.1, 0.15) is 26.2 Å². The first-order chi connectivity index (χ1) is 5.25. The van der Waals surface area contributed by atoms with Crippen molar-refractivity contribution in [3.05, 3.63) is 0 Å². The smallest absolute Gasteiger partial charge is 0.0119 e. The molecule has 2 unspecified atom stereocenters. The molecule has 1 saturated heterocycles. The van der Waals surface area contributed by atoms with Crippen LogP contribution in [0.2, 0.25) is 0 Å². The minimum absolute atomic E-state index is 0.785. The Morgan fingerprint density at radius 3 is 2.82 bits per heavy atom. The number of nitrogens with two attached hydrogens (primary N) is 1. The molecule has 0 saturated carbocycles. The lowest BCUT2D eigenvalue weighted by molar-refractivity contribution is 0.232. The molecule has 0 aromatic heterocycles. The van der Waals surface area contributed by atoms with Crippen molar-refractivity contribution in [3.8, 4) is 0 Å². The second-order valence-corrected chi connectivity index (χ2v) is 3.74. The van der Waals surface area contributed by atoms with Gasteiger partial charge in [0.15, 0.2) is 0 Å². The summed E-state index contributed by atoms with van der Waals surface area (Å²) in [6.07, 6.45) is 3.92. The maximum absolute atomic E-state index is 5.52. The summed E-state index contributed by atoms with van der Waals surface area (Å²) in [4.78, 5) is 2.47. The molecule has 2 heteroatoms. The third-order valence-electron chi connectivity index (χ3n) is 2.86. The summed E-state index contributed by atoms with van der Waals surface area (Å²) in [7, 11) is 2.23. The van der Waals surface area contributed by atoms with E-state index in [9.17, 15) is 0 Å². The van der Waals surface area contributed by atoms with E-state index in [1.807, 2.05) is 0 Å². The number of hydrogen-bond donors (Lipinski definition) is 1. The molecule has 0 aromatic rings. The summed E-state index contributed by atoms with van der Waals surface area (Å²) < 4.78 is 0. The van der Waals surface area contributed by atoms with E-state index in [1.165, 1.54) is 25.8 Å². The van der Waals surface area contributed by atoms with E-state index < -0.39 is 0 Å². The zero-order chi connectivity index (χ0) is 8.27. The van der Waals surface area contributed by atoms with Crippen molar-refractivity contribution in [1.82, 2.24) is 4.90 Å². The number of nitrogens with zero attached hydrogens (tertiary/aromatic N) is 1. The van der Waals surface area contributed by atoms with Crippen LogP contribution in [-0.2, 0) is 0 Å². The number of rotatable bonds is 3. The van der Waals surface area contributed by atoms with E-state index in [4.69, 9.17) is 5.73 Å². The van der Waals surface area contributed by atoms with Gasteiger partial charge in [0, 0.05) is 6.04 Å². The fraction of sp³-hybridized carbons (Fsp3) is 1.00. The van der Waals surface area contributed by atoms with Crippen molar-refractivity contribution in [2.45, 2.75) is 32.2 Å². The lowest BCUT2D eigenvalue weighted by Gasteiger charge is -2.25. The Labute approximate surface area is 69.8 Å². The van der Waals surface area contributed by atoms with Crippen LogP contribution >= 0.6 is 0 Å². The Bertz CT molecular complexity index is 114. The van der Waals surface area contributed by atoms with Crippen LogP contribution in [0.25, 0.3) is 0 Å². The van der Waals surface area contributed by atoms with E-state index in [0.717, 1.165) is 18.5 Å². The van der Waals surface area contributed by atoms with Gasteiger partial charge < -0.3 is 10.6 Å². The van der Waals surface area contributed by atoms with Gasteiger partial charge in [-0.25, -0.2) is 0 Å². The average molecular weight is 156 g/mol. The Kier molecular flexibility index (Phi) is 3.34. The highest BCUT2D eigenvalue weighted by molar-refractivity contribution is 4.80. The Balaban J connectivity index is 2.33. The molecular weight excluding hydrogens is 136 g/mol. The molecule has 66 valence electrons. The van der Waals surface area contributed by atoms with Crippen LogP contribution in [-0.4, -0.2) is 31.1 Å². The van der Waals surface area contributed by atoms with E-state index in [0.29, 0.717) is 0 Å². The molecule has 0 aliphatic carbocycles. The van der Waals surface area contributed by atoms with Crippen LogP contribution in [0.5, 0.6) is 0 Å². The molecule has 0 radical (unpaired) electrons. The molecule has 2 nitrogen and oxygen atoms in total. The van der Waals surface area contributed by atoms with Gasteiger partial charge in [-0.3, -0.25) is 0 Å². The lowest BCUT2D eigenvalue weighted by atomic mass is 9.96. The average Bonchev–Trinajstić information content (AvgIpc) is 2.36. The monoisotopic (exact) mass is 156 g/mol. The summed E-state index contributed by atoms with van der Waals surface area (Å²) in [5.41, 5.74) is 5.52. The number of likely N-dealkylation sites (tertiary alicyclic amines) is 1. The van der Waals surface area contributed by atoms with Gasteiger partial charge in [0.1, 0.15) is 0 Å². The van der Waals surface area contributed by atoms with Gasteiger partial charge >= 0.3 is 0 Å². The van der Waals surface area contributed by atoms with Crippen LogP contribution in [0.3, 0.4) is 0 Å². The van der Waals surface area contributed by atoms with Crippen molar-refractivity contribution in [1.29, 1.82) is 0 Å². The van der Waals surface area contributed by atoms with Gasteiger partial charge in [0.05, 0.1) is 0 Å². The zero-order valence-corrected chi connectivity index (χ0v) is 7.71. The highest BCUT2D eigenvalue weighted by Crippen LogP contribution is 2.23. The minimum Gasteiger partial charge on any atom is -0.330 e. The number of hydrogen-bond acceptors (Lipinski definition) is 2. The Morgan fingerprint density at radius 1 is 1.64 bits per heavy atom. The van der Waals surface area contributed by atoms with Crippen molar-refractivity contribution in [2.24, 2.45) is 11.7 Å². The van der Waals surface area contributed by atoms with E-state index in [-0.39, 0.29) is 0 Å². The van der Waals surface area contributed by atoms with Crippen molar-refractivity contribution >= 4 is 0 Å². The van der Waals surface area contributed by atoms with E-state index >= 15 is 0 Å². The quantitative estimate of drug-likeness (QED) is 0.662. The van der Waals surface area contributed by atoms with Gasteiger partial charge in [-0.05, 0) is 45.3 Å². The van der Waals surface area contributed by atoms with Crippen LogP contribution in [0.15, 0.2) is 0 Å². The molecular formula is C9H20N2. The molecule has 0 aromatic carbocycles. The Hall–Kier alpha value is -0.0800. The highest BCUT2D eigenvalue weighted by atomic mass is 15.1. The zero-order valence-electron chi connectivity index (χ0n) is 7.71. The van der Waals surface area contributed by atoms with Crippen molar-refractivity contribution in [3.63, 3.8) is 0 Å². The third-order valence-corrected chi connectivity index (χ3v) is 2.86. The van der Waals surface area contributed by atoms with Crippen LogP contribution < -0.4 is 5.73 Å². The van der Waals surface area contributed by atoms with Crippen molar-refractivity contribution < 1.29 is 0 Å². The molecule has 0 spiro atoms. The normalized spacial score (nSPS) is 29.2. The lowest BCUT2D eigenvalue weighted by Crippen LogP contribution is -2.32. The first-order valence-electron chi connectivity index (χ1n) is 4.66. The molecule has 1 fully saturated rings. The third kappa shape index (κ3) is 2.17. The van der Waals surface area contributed by atoms with Crippen LogP contribution in [0.4, 0.5) is 0 Å². The van der Waals surface area contributed by atoms with Gasteiger partial charge in [0.25, 0.3) is 0 Å². The predicted molar refractivity (Wildman–Crippen MR) is 48.5 cm³/mol. The summed E-state index contributed by atoms with van der Waals surface area (Å²) >= 11 is 0. The fourth-order valence-electron chi connectivity index (χ4n) is 2.11. The second kappa shape index (κ2) is 4.07. The molecule has 0 amide bonds. The molecule has 0 bridgehead atoms. The fourth-order valence-corrected chi connectivity index (χ4v) is 2.11. The van der Waals surface area contributed by atoms with Crippen LogP contribution in [0, 0.1) is 5.92 Å². The summed E-state index contributed by atoms with van der Waals surface area (Å²) in [6, 6.07) is 0.804. The maximum atomic E-state index is 5.52. The molecule has 11 heavy (non-hydrogen) atoms. The van der Waals surface area contributed by atoms with E-state index in [2.05, 4.69) is 18.9 Å².